The summed E-state index contributed by atoms with van der Waals surface area (Å²) < 4.78 is 16.9. The molecule has 0 N–H and O–H groups in total. The lowest BCUT2D eigenvalue weighted by atomic mass is 10.2. The van der Waals surface area contributed by atoms with Crippen molar-refractivity contribution in [2.24, 2.45) is 0 Å². The van der Waals surface area contributed by atoms with Gasteiger partial charge in [-0.3, -0.25) is 15.0 Å². The number of hydrogen-bond acceptors (Lipinski definition) is 6. The van der Waals surface area contributed by atoms with Crippen molar-refractivity contribution in [2.45, 2.75) is 32.2 Å². The number of nitrogens with zero attached hydrogens (tertiary/aromatic N) is 2. The van der Waals surface area contributed by atoms with E-state index < -0.39 is 16.7 Å². The van der Waals surface area contributed by atoms with Crippen molar-refractivity contribution in [3.05, 3.63) is 70.3 Å². The van der Waals surface area contributed by atoms with Gasteiger partial charge in [-0.2, -0.15) is 0 Å². The Morgan fingerprint density at radius 2 is 1.89 bits per heavy atom. The zero-order chi connectivity index (χ0) is 20.1. The van der Waals surface area contributed by atoms with E-state index in [0.29, 0.717) is 12.4 Å². The Morgan fingerprint density at radius 3 is 2.54 bits per heavy atom. The third-order valence-electron chi connectivity index (χ3n) is 4.47. The van der Waals surface area contributed by atoms with Crippen LogP contribution in [-0.4, -0.2) is 40.9 Å². The summed E-state index contributed by atoms with van der Waals surface area (Å²) >= 11 is 0. The van der Waals surface area contributed by atoms with Gasteiger partial charge in [0.25, 0.3) is 5.69 Å². The number of hydrogen-bond donors (Lipinski definition) is 0. The lowest BCUT2D eigenvalue weighted by Crippen LogP contribution is -2.49. The van der Waals surface area contributed by atoms with Gasteiger partial charge in [0, 0.05) is 12.1 Å². The van der Waals surface area contributed by atoms with Gasteiger partial charge in [0.2, 0.25) is 0 Å². The predicted molar refractivity (Wildman–Crippen MR) is 101 cm³/mol. The highest BCUT2D eigenvalue weighted by Crippen LogP contribution is 2.29. The van der Waals surface area contributed by atoms with Gasteiger partial charge in [-0.25, -0.2) is 4.79 Å². The minimum Gasteiger partial charge on any atom is -0.491 e. The molecule has 28 heavy (non-hydrogen) atoms. The number of rotatable bonds is 6. The maximum Gasteiger partial charge on any atom is 0.412 e. The van der Waals surface area contributed by atoms with Crippen molar-refractivity contribution in [3.63, 3.8) is 0 Å². The van der Waals surface area contributed by atoms with Crippen molar-refractivity contribution in [1.82, 2.24) is 4.90 Å². The fraction of sp³-hybridized carbons (Fsp3) is 0.350. The summed E-state index contributed by atoms with van der Waals surface area (Å²) in [7, 11) is 0. The number of carbonyl (C=O) groups is 1. The van der Waals surface area contributed by atoms with E-state index in [2.05, 4.69) is 0 Å². The fourth-order valence-corrected chi connectivity index (χ4v) is 3.02. The Hall–Kier alpha value is -3.13. The van der Waals surface area contributed by atoms with Gasteiger partial charge in [0.05, 0.1) is 17.6 Å². The second-order valence-electron chi connectivity index (χ2n) is 6.88. The van der Waals surface area contributed by atoms with Crippen molar-refractivity contribution in [1.29, 1.82) is 0 Å². The molecule has 0 saturated carbocycles. The van der Waals surface area contributed by atoms with Crippen LogP contribution in [0.25, 0.3) is 0 Å². The molecule has 1 atom stereocenters. The molecule has 8 nitrogen and oxygen atoms in total. The van der Waals surface area contributed by atoms with Crippen LogP contribution >= 0.6 is 0 Å². The van der Waals surface area contributed by atoms with Gasteiger partial charge in [-0.1, -0.05) is 30.3 Å². The van der Waals surface area contributed by atoms with E-state index in [-0.39, 0.29) is 24.9 Å². The molecule has 0 bridgehead atoms. The van der Waals surface area contributed by atoms with Crippen molar-refractivity contribution >= 4 is 11.8 Å². The average molecular weight is 386 g/mol. The van der Waals surface area contributed by atoms with E-state index in [1.54, 1.807) is 13.8 Å². The highest BCUT2D eigenvalue weighted by atomic mass is 16.6. The summed E-state index contributed by atoms with van der Waals surface area (Å²) in [6, 6.07) is 14.9. The van der Waals surface area contributed by atoms with Crippen LogP contribution in [0, 0.1) is 10.1 Å². The SMILES string of the molecule is CC1(C)OC[C@@H](COc2ccc([N+](=O)[O-])cc2)N1C(=O)OCc1ccccc1. The Morgan fingerprint density at radius 1 is 1.21 bits per heavy atom. The molecule has 2 aromatic carbocycles. The van der Waals surface area contributed by atoms with Gasteiger partial charge >= 0.3 is 6.09 Å². The minimum atomic E-state index is -0.822. The first-order chi connectivity index (χ1) is 13.4. The normalized spacial score (nSPS) is 17.9. The second-order valence-corrected chi connectivity index (χ2v) is 6.88. The predicted octanol–water partition coefficient (Wildman–Crippen LogP) is 3.75. The first-order valence-electron chi connectivity index (χ1n) is 8.88. The number of nitro benzene ring substituents is 1. The quantitative estimate of drug-likeness (QED) is 0.555. The summed E-state index contributed by atoms with van der Waals surface area (Å²) in [6.45, 7) is 4.25. The van der Waals surface area contributed by atoms with Crippen LogP contribution in [0.15, 0.2) is 54.6 Å². The molecule has 1 aliphatic heterocycles. The van der Waals surface area contributed by atoms with E-state index in [1.165, 1.54) is 29.2 Å². The molecular formula is C20H22N2O6. The molecule has 1 heterocycles. The summed E-state index contributed by atoms with van der Waals surface area (Å²) in [5.74, 6) is 0.480. The van der Waals surface area contributed by atoms with E-state index in [1.807, 2.05) is 30.3 Å². The molecule has 0 aliphatic carbocycles. The van der Waals surface area contributed by atoms with Crippen LogP contribution in [0.5, 0.6) is 5.75 Å². The van der Waals surface area contributed by atoms with Crippen molar-refractivity contribution < 1.29 is 23.9 Å². The van der Waals surface area contributed by atoms with E-state index in [4.69, 9.17) is 14.2 Å². The topological polar surface area (TPSA) is 91.1 Å². The summed E-state index contributed by atoms with van der Waals surface area (Å²) in [5.41, 5.74) is 0.0633. The average Bonchev–Trinajstić information content (AvgIpc) is 3.00. The van der Waals surface area contributed by atoms with Gasteiger partial charge in [-0.15, -0.1) is 0 Å². The largest absolute Gasteiger partial charge is 0.491 e. The Kier molecular flexibility index (Phi) is 5.79. The first-order valence-corrected chi connectivity index (χ1v) is 8.88. The van der Waals surface area contributed by atoms with Crippen LogP contribution < -0.4 is 4.74 Å². The van der Waals surface area contributed by atoms with Gasteiger partial charge < -0.3 is 14.2 Å². The van der Waals surface area contributed by atoms with Crippen LogP contribution in [0.3, 0.4) is 0 Å². The van der Waals surface area contributed by atoms with E-state index in [9.17, 15) is 14.9 Å². The Labute approximate surface area is 162 Å². The number of nitro groups is 1. The number of benzene rings is 2. The molecular weight excluding hydrogens is 364 g/mol. The highest BCUT2D eigenvalue weighted by molar-refractivity contribution is 5.69. The summed E-state index contributed by atoms with van der Waals surface area (Å²) in [4.78, 5) is 24.5. The zero-order valence-corrected chi connectivity index (χ0v) is 15.7. The number of amides is 1. The van der Waals surface area contributed by atoms with Crippen molar-refractivity contribution in [3.8, 4) is 5.75 Å². The number of carbonyl (C=O) groups excluding carboxylic acids is 1. The van der Waals surface area contributed by atoms with Crippen LogP contribution in [0.1, 0.15) is 19.4 Å². The molecule has 0 aromatic heterocycles. The molecule has 0 unspecified atom stereocenters. The van der Waals surface area contributed by atoms with Crippen LogP contribution in [0.4, 0.5) is 10.5 Å². The van der Waals surface area contributed by atoms with Gasteiger partial charge in [0.15, 0.2) is 0 Å². The zero-order valence-electron chi connectivity index (χ0n) is 15.7. The van der Waals surface area contributed by atoms with Crippen LogP contribution in [-0.2, 0) is 16.1 Å². The number of non-ortho nitro benzene ring substituents is 1. The smallest absolute Gasteiger partial charge is 0.412 e. The van der Waals surface area contributed by atoms with Gasteiger partial charge in [0.1, 0.15) is 24.7 Å². The molecule has 2 aromatic rings. The van der Waals surface area contributed by atoms with Crippen molar-refractivity contribution in [2.75, 3.05) is 13.2 Å². The molecule has 1 amide bonds. The fourth-order valence-electron chi connectivity index (χ4n) is 3.02. The standard InChI is InChI=1S/C20H22N2O6/c1-20(2)21(19(23)27-12-15-6-4-3-5-7-15)17(14-28-20)13-26-18-10-8-16(9-11-18)22(24)25/h3-11,17H,12-14H2,1-2H3/t17-/m1/s1. The molecule has 8 heteroatoms. The van der Waals surface area contributed by atoms with E-state index in [0.717, 1.165) is 5.56 Å². The maximum atomic E-state index is 12.7. The first kappa shape index (κ1) is 19.6. The molecule has 0 spiro atoms. The Balaban J connectivity index is 1.61. The Bertz CT molecular complexity index is 822. The summed E-state index contributed by atoms with van der Waals surface area (Å²) in [6.07, 6.45) is -0.483. The third kappa shape index (κ3) is 4.58. The lowest BCUT2D eigenvalue weighted by molar-refractivity contribution is -0.384. The molecule has 1 aliphatic rings. The lowest BCUT2D eigenvalue weighted by Gasteiger charge is -2.32. The van der Waals surface area contributed by atoms with Gasteiger partial charge in [-0.05, 0) is 31.5 Å². The van der Waals surface area contributed by atoms with E-state index >= 15 is 0 Å². The van der Waals surface area contributed by atoms with Crippen LogP contribution in [0.2, 0.25) is 0 Å². The molecule has 3 rings (SSSR count). The minimum absolute atomic E-state index is 0.0104. The molecule has 148 valence electrons. The second kappa shape index (κ2) is 8.26. The maximum absolute atomic E-state index is 12.7. The molecule has 1 saturated heterocycles. The highest BCUT2D eigenvalue weighted by Gasteiger charge is 2.45. The third-order valence-corrected chi connectivity index (χ3v) is 4.47. The monoisotopic (exact) mass is 386 g/mol. The summed E-state index contributed by atoms with van der Waals surface area (Å²) in [5, 5.41) is 10.7. The number of ether oxygens (including phenoxy) is 3. The molecule has 1 fully saturated rings. The molecule has 0 radical (unpaired) electrons.